The molecule has 0 bridgehead atoms. The minimum atomic E-state index is -0.908. The van der Waals surface area contributed by atoms with Gasteiger partial charge in [0.25, 0.3) is 0 Å². The van der Waals surface area contributed by atoms with Crippen LogP contribution in [0, 0.1) is 12.8 Å². The van der Waals surface area contributed by atoms with Gasteiger partial charge in [-0.3, -0.25) is 20.0 Å². The van der Waals surface area contributed by atoms with E-state index in [1.54, 1.807) is 13.8 Å². The molecule has 7 nitrogen and oxygen atoms in total. The summed E-state index contributed by atoms with van der Waals surface area (Å²) >= 11 is 0. The lowest BCUT2D eigenvalue weighted by Gasteiger charge is -2.06. The zero-order valence-electron chi connectivity index (χ0n) is 9.15. The van der Waals surface area contributed by atoms with Gasteiger partial charge in [-0.25, -0.2) is 0 Å². The molecule has 0 aliphatic carbocycles. The van der Waals surface area contributed by atoms with Crippen LogP contribution in [0.3, 0.4) is 0 Å². The third-order valence-corrected chi connectivity index (χ3v) is 1.91. The Hall–Kier alpha value is -1.92. The topological polar surface area (TPSA) is 108 Å². The number of hydrogen-bond acceptors (Lipinski definition) is 4. The van der Waals surface area contributed by atoms with E-state index in [0.29, 0.717) is 5.82 Å². The van der Waals surface area contributed by atoms with E-state index < -0.39 is 5.97 Å². The lowest BCUT2D eigenvalue weighted by atomic mass is 10.0. The van der Waals surface area contributed by atoms with E-state index >= 15 is 0 Å². The van der Waals surface area contributed by atoms with E-state index in [9.17, 15) is 9.59 Å². The molecular weight excluding hydrogens is 212 g/mol. The molecule has 1 aromatic rings. The van der Waals surface area contributed by atoms with E-state index in [4.69, 9.17) is 5.11 Å². The molecule has 16 heavy (non-hydrogen) atoms. The van der Waals surface area contributed by atoms with Crippen molar-refractivity contribution in [2.24, 2.45) is 5.92 Å². The number of aromatic nitrogens is 3. The monoisotopic (exact) mass is 226 g/mol. The summed E-state index contributed by atoms with van der Waals surface area (Å²) in [5.41, 5.74) is 0. The van der Waals surface area contributed by atoms with Gasteiger partial charge in [0.1, 0.15) is 5.82 Å². The number of nitrogens with one attached hydrogen (secondary N) is 2. The number of rotatable bonds is 5. The van der Waals surface area contributed by atoms with E-state index in [-0.39, 0.29) is 30.6 Å². The van der Waals surface area contributed by atoms with Crippen LogP contribution in [0.1, 0.15) is 25.6 Å². The van der Waals surface area contributed by atoms with Crippen molar-refractivity contribution in [1.82, 2.24) is 15.2 Å². The fourth-order valence-electron chi connectivity index (χ4n) is 1.26. The van der Waals surface area contributed by atoms with Crippen LogP contribution < -0.4 is 5.32 Å². The highest BCUT2D eigenvalue weighted by Crippen LogP contribution is 2.08. The molecule has 1 unspecified atom stereocenters. The van der Waals surface area contributed by atoms with Crippen molar-refractivity contribution < 1.29 is 14.7 Å². The highest BCUT2D eigenvalue weighted by molar-refractivity contribution is 5.89. The maximum atomic E-state index is 11.4. The van der Waals surface area contributed by atoms with E-state index in [0.717, 1.165) is 0 Å². The summed E-state index contributed by atoms with van der Waals surface area (Å²) in [5.74, 6) is -0.585. The van der Waals surface area contributed by atoms with E-state index in [1.165, 1.54) is 0 Å². The summed E-state index contributed by atoms with van der Waals surface area (Å²) in [5, 5.41) is 17.3. The van der Waals surface area contributed by atoms with Crippen molar-refractivity contribution in [2.45, 2.75) is 26.7 Å². The minimum absolute atomic E-state index is 0.0273. The van der Waals surface area contributed by atoms with Crippen molar-refractivity contribution in [3.05, 3.63) is 5.82 Å². The van der Waals surface area contributed by atoms with Crippen LogP contribution in [0.5, 0.6) is 0 Å². The molecule has 1 amide bonds. The predicted molar refractivity (Wildman–Crippen MR) is 55.8 cm³/mol. The first-order chi connectivity index (χ1) is 7.47. The quantitative estimate of drug-likeness (QED) is 0.679. The molecular formula is C9H14N4O3. The number of hydrogen-bond donors (Lipinski definition) is 3. The summed E-state index contributed by atoms with van der Waals surface area (Å²) < 4.78 is 0. The molecule has 1 heterocycles. The molecule has 1 atom stereocenters. The summed E-state index contributed by atoms with van der Waals surface area (Å²) in [6.07, 6.45) is 0.111. The second kappa shape index (κ2) is 5.24. The average molecular weight is 226 g/mol. The maximum absolute atomic E-state index is 11.4. The smallest absolute Gasteiger partial charge is 0.303 e. The normalized spacial score (nSPS) is 12.1. The van der Waals surface area contributed by atoms with Gasteiger partial charge < -0.3 is 5.11 Å². The molecule has 0 aliphatic heterocycles. The van der Waals surface area contributed by atoms with Crippen molar-refractivity contribution >= 4 is 17.8 Å². The van der Waals surface area contributed by atoms with Crippen LogP contribution in [0.4, 0.5) is 5.95 Å². The Morgan fingerprint density at radius 3 is 2.69 bits per heavy atom. The molecule has 0 spiro atoms. The summed E-state index contributed by atoms with van der Waals surface area (Å²) in [6.45, 7) is 3.42. The molecule has 3 N–H and O–H groups in total. The molecule has 88 valence electrons. The Balaban J connectivity index is 2.38. The first-order valence-corrected chi connectivity index (χ1v) is 4.88. The van der Waals surface area contributed by atoms with Gasteiger partial charge in [0.2, 0.25) is 11.9 Å². The van der Waals surface area contributed by atoms with Gasteiger partial charge in [-0.05, 0) is 12.8 Å². The Kier molecular flexibility index (Phi) is 3.98. The van der Waals surface area contributed by atoms with E-state index in [1.807, 2.05) is 0 Å². The molecule has 0 saturated carbocycles. The lowest BCUT2D eigenvalue weighted by molar-refractivity contribution is -0.138. The summed E-state index contributed by atoms with van der Waals surface area (Å²) in [4.78, 5) is 25.7. The standard InChI is InChI=1S/C9H14N4O3/c1-5(4-8(15)16)3-7(14)11-9-10-6(2)12-13-9/h5H,3-4H2,1-2H3,(H,15,16)(H2,10,11,12,13,14). The molecule has 0 radical (unpaired) electrons. The van der Waals surface area contributed by atoms with Crippen LogP contribution in [0.25, 0.3) is 0 Å². The van der Waals surface area contributed by atoms with Gasteiger partial charge in [0.15, 0.2) is 0 Å². The molecule has 0 fully saturated rings. The van der Waals surface area contributed by atoms with Crippen LogP contribution in [0.2, 0.25) is 0 Å². The predicted octanol–water partition coefficient (Wildman–Crippen LogP) is 0.553. The fraction of sp³-hybridized carbons (Fsp3) is 0.556. The number of aromatic amines is 1. The van der Waals surface area contributed by atoms with Crippen molar-refractivity contribution in [2.75, 3.05) is 5.32 Å². The number of carboxylic acid groups (broad SMARTS) is 1. The first-order valence-electron chi connectivity index (χ1n) is 4.88. The van der Waals surface area contributed by atoms with Crippen LogP contribution >= 0.6 is 0 Å². The lowest BCUT2D eigenvalue weighted by Crippen LogP contribution is -2.17. The number of carbonyl (C=O) groups is 2. The molecule has 1 aromatic heterocycles. The third kappa shape index (κ3) is 4.07. The number of aliphatic carboxylic acids is 1. The highest BCUT2D eigenvalue weighted by atomic mass is 16.4. The van der Waals surface area contributed by atoms with Crippen molar-refractivity contribution in [1.29, 1.82) is 0 Å². The van der Waals surface area contributed by atoms with Gasteiger partial charge in [-0.2, -0.15) is 4.98 Å². The zero-order valence-corrected chi connectivity index (χ0v) is 9.15. The Labute approximate surface area is 92.3 Å². The number of carboxylic acids is 1. The number of nitrogens with zero attached hydrogens (tertiary/aromatic N) is 2. The molecule has 1 rings (SSSR count). The molecule has 0 saturated heterocycles. The SMILES string of the molecule is Cc1nc(NC(=O)CC(C)CC(=O)O)n[nH]1. The van der Waals surface area contributed by atoms with Crippen LogP contribution in [-0.2, 0) is 9.59 Å². The first kappa shape index (κ1) is 12.2. The average Bonchev–Trinajstić information content (AvgIpc) is 2.48. The second-order valence-corrected chi connectivity index (χ2v) is 3.70. The number of aryl methyl sites for hydroxylation is 1. The summed E-state index contributed by atoms with van der Waals surface area (Å²) in [6, 6.07) is 0. The summed E-state index contributed by atoms with van der Waals surface area (Å²) in [7, 11) is 0. The molecule has 7 heteroatoms. The Morgan fingerprint density at radius 2 is 2.19 bits per heavy atom. The third-order valence-electron chi connectivity index (χ3n) is 1.91. The Morgan fingerprint density at radius 1 is 1.50 bits per heavy atom. The van der Waals surface area contributed by atoms with Crippen molar-refractivity contribution in [3.8, 4) is 0 Å². The fourth-order valence-corrected chi connectivity index (χ4v) is 1.26. The van der Waals surface area contributed by atoms with Gasteiger partial charge >= 0.3 is 5.97 Å². The Bertz CT molecular complexity index is 388. The van der Waals surface area contributed by atoms with Crippen molar-refractivity contribution in [3.63, 3.8) is 0 Å². The molecule has 0 aromatic carbocycles. The van der Waals surface area contributed by atoms with Gasteiger partial charge in [0.05, 0.1) is 0 Å². The second-order valence-electron chi connectivity index (χ2n) is 3.70. The minimum Gasteiger partial charge on any atom is -0.481 e. The molecule has 0 aliphatic rings. The van der Waals surface area contributed by atoms with Gasteiger partial charge in [0, 0.05) is 12.8 Å². The van der Waals surface area contributed by atoms with Gasteiger partial charge in [-0.15, -0.1) is 5.10 Å². The highest BCUT2D eigenvalue weighted by Gasteiger charge is 2.13. The largest absolute Gasteiger partial charge is 0.481 e. The van der Waals surface area contributed by atoms with Crippen LogP contribution in [0.15, 0.2) is 0 Å². The van der Waals surface area contributed by atoms with Gasteiger partial charge in [-0.1, -0.05) is 6.92 Å². The number of amides is 1. The number of carbonyl (C=O) groups excluding carboxylic acids is 1. The number of H-pyrrole nitrogens is 1. The zero-order chi connectivity index (χ0) is 12.1. The number of anilines is 1. The van der Waals surface area contributed by atoms with E-state index in [2.05, 4.69) is 20.5 Å². The van der Waals surface area contributed by atoms with Crippen LogP contribution in [-0.4, -0.2) is 32.2 Å². The maximum Gasteiger partial charge on any atom is 0.303 e.